The predicted octanol–water partition coefficient (Wildman–Crippen LogP) is 1.91. The standard InChI is InChI=1S/C22H23NO6/c1-12(24)22(26)23-15-7-13-9-18(25)19(27-2)6-5-16(13)17-11-21(29-4)20(28-3)10-14(17)8-15/h5-6,9-11,15H,7-8H2,1-4H3,(H,23,26)/t15-/m0/s1. The van der Waals surface area contributed by atoms with Crippen molar-refractivity contribution in [1.82, 2.24) is 5.32 Å². The quantitative estimate of drug-likeness (QED) is 0.775. The molecule has 7 nitrogen and oxygen atoms in total. The molecule has 2 aromatic carbocycles. The van der Waals surface area contributed by atoms with Gasteiger partial charge in [-0.1, -0.05) is 6.07 Å². The van der Waals surface area contributed by atoms with Crippen molar-refractivity contribution in [2.75, 3.05) is 21.3 Å². The van der Waals surface area contributed by atoms with Crippen LogP contribution in [-0.2, 0) is 22.4 Å². The maximum atomic E-state index is 12.5. The highest BCUT2D eigenvalue weighted by atomic mass is 16.5. The molecular formula is C22H23NO6. The van der Waals surface area contributed by atoms with E-state index in [0.717, 1.165) is 22.3 Å². The fourth-order valence-electron chi connectivity index (χ4n) is 3.59. The number of amides is 1. The van der Waals surface area contributed by atoms with Crippen molar-refractivity contribution in [3.8, 4) is 28.4 Å². The second kappa shape index (κ2) is 8.34. The summed E-state index contributed by atoms with van der Waals surface area (Å²) in [6, 6.07) is 8.34. The van der Waals surface area contributed by atoms with Gasteiger partial charge in [0.2, 0.25) is 11.2 Å². The van der Waals surface area contributed by atoms with Crippen LogP contribution in [0.25, 0.3) is 11.1 Å². The van der Waals surface area contributed by atoms with Gasteiger partial charge in [-0.3, -0.25) is 14.4 Å². The first kappa shape index (κ1) is 20.4. The van der Waals surface area contributed by atoms with Crippen LogP contribution >= 0.6 is 0 Å². The number of nitrogens with one attached hydrogen (secondary N) is 1. The number of hydrogen-bond acceptors (Lipinski definition) is 6. The van der Waals surface area contributed by atoms with Crippen molar-refractivity contribution < 1.29 is 23.8 Å². The molecule has 0 spiro atoms. The van der Waals surface area contributed by atoms with E-state index in [0.29, 0.717) is 24.3 Å². The molecule has 7 heteroatoms. The molecule has 0 radical (unpaired) electrons. The van der Waals surface area contributed by atoms with E-state index in [2.05, 4.69) is 5.32 Å². The number of fused-ring (bicyclic) bond motifs is 3. The molecule has 0 heterocycles. The van der Waals surface area contributed by atoms with E-state index in [1.54, 1.807) is 20.3 Å². The van der Waals surface area contributed by atoms with E-state index < -0.39 is 11.7 Å². The number of ether oxygens (including phenoxy) is 3. The molecule has 0 unspecified atom stereocenters. The van der Waals surface area contributed by atoms with Gasteiger partial charge in [0.05, 0.1) is 21.3 Å². The summed E-state index contributed by atoms with van der Waals surface area (Å²) in [6.07, 6.45) is 0.860. The van der Waals surface area contributed by atoms with Crippen molar-refractivity contribution in [2.45, 2.75) is 25.8 Å². The SMILES string of the molecule is COc1cc2c(cc1OC)-c1ccc(OC)c(=O)cc1C[C@H](NC(=O)C(C)=O)C2. The molecule has 2 aromatic rings. The smallest absolute Gasteiger partial charge is 0.287 e. The lowest BCUT2D eigenvalue weighted by Gasteiger charge is -2.17. The third-order valence-electron chi connectivity index (χ3n) is 5.00. The lowest BCUT2D eigenvalue weighted by Crippen LogP contribution is -2.40. The molecule has 29 heavy (non-hydrogen) atoms. The Morgan fingerprint density at radius 1 is 0.862 bits per heavy atom. The summed E-state index contributed by atoms with van der Waals surface area (Å²) in [5, 5.41) is 2.77. The van der Waals surface area contributed by atoms with Crippen LogP contribution in [-0.4, -0.2) is 39.1 Å². The van der Waals surface area contributed by atoms with Crippen LogP contribution in [0.2, 0.25) is 0 Å². The number of carbonyl (C=O) groups is 2. The Bertz CT molecular complexity index is 1030. The molecule has 0 aliphatic heterocycles. The van der Waals surface area contributed by atoms with Gasteiger partial charge >= 0.3 is 0 Å². The molecule has 0 bridgehead atoms. The van der Waals surface area contributed by atoms with Crippen LogP contribution in [0.5, 0.6) is 17.2 Å². The van der Waals surface area contributed by atoms with Gasteiger partial charge in [-0.2, -0.15) is 0 Å². The third-order valence-corrected chi connectivity index (χ3v) is 5.00. The zero-order valence-electron chi connectivity index (χ0n) is 16.8. The van der Waals surface area contributed by atoms with Crippen LogP contribution in [0.3, 0.4) is 0 Å². The minimum absolute atomic E-state index is 0.226. The molecule has 152 valence electrons. The van der Waals surface area contributed by atoms with Gasteiger partial charge in [-0.25, -0.2) is 0 Å². The summed E-state index contributed by atoms with van der Waals surface area (Å²) in [4.78, 5) is 36.0. The van der Waals surface area contributed by atoms with E-state index in [1.165, 1.54) is 20.1 Å². The van der Waals surface area contributed by atoms with Gasteiger partial charge in [-0.15, -0.1) is 0 Å². The van der Waals surface area contributed by atoms with Crippen molar-refractivity contribution in [3.05, 3.63) is 51.7 Å². The molecule has 0 saturated heterocycles. The summed E-state index contributed by atoms with van der Waals surface area (Å²) in [5.41, 5.74) is 3.11. The van der Waals surface area contributed by atoms with Gasteiger partial charge in [0.15, 0.2) is 17.2 Å². The van der Waals surface area contributed by atoms with Gasteiger partial charge in [0, 0.05) is 13.0 Å². The van der Waals surface area contributed by atoms with Crippen LogP contribution in [0.1, 0.15) is 18.1 Å². The van der Waals surface area contributed by atoms with Crippen LogP contribution < -0.4 is 25.0 Å². The topological polar surface area (TPSA) is 90.9 Å². The molecule has 3 rings (SSSR count). The molecule has 1 aliphatic carbocycles. The van der Waals surface area contributed by atoms with Gasteiger partial charge in [-0.05, 0) is 59.4 Å². The number of ketones is 1. The van der Waals surface area contributed by atoms with E-state index in [9.17, 15) is 14.4 Å². The van der Waals surface area contributed by atoms with Gasteiger partial charge in [0.1, 0.15) is 0 Å². The monoisotopic (exact) mass is 397 g/mol. The Kier molecular flexibility index (Phi) is 5.87. The summed E-state index contributed by atoms with van der Waals surface area (Å²) in [5.74, 6) is 0.134. The third kappa shape index (κ3) is 4.08. The van der Waals surface area contributed by atoms with E-state index in [4.69, 9.17) is 14.2 Å². The molecule has 0 aromatic heterocycles. The lowest BCUT2D eigenvalue weighted by atomic mass is 9.97. The molecule has 1 aliphatic rings. The average molecular weight is 397 g/mol. The normalized spacial score (nSPS) is 14.7. The Balaban J connectivity index is 2.24. The number of methoxy groups -OCH3 is 3. The van der Waals surface area contributed by atoms with Crippen LogP contribution in [0.15, 0.2) is 35.1 Å². The fraction of sp³-hybridized carbons (Fsp3) is 0.318. The maximum Gasteiger partial charge on any atom is 0.287 e. The highest BCUT2D eigenvalue weighted by Gasteiger charge is 2.25. The lowest BCUT2D eigenvalue weighted by molar-refractivity contribution is -0.137. The zero-order chi connectivity index (χ0) is 21.1. The van der Waals surface area contributed by atoms with Crippen molar-refractivity contribution in [2.24, 2.45) is 0 Å². The Morgan fingerprint density at radius 2 is 1.45 bits per heavy atom. The summed E-state index contributed by atoms with van der Waals surface area (Å²) >= 11 is 0. The molecular weight excluding hydrogens is 374 g/mol. The number of benzene rings is 1. The van der Waals surface area contributed by atoms with Crippen LogP contribution in [0, 0.1) is 0 Å². The molecule has 1 amide bonds. The summed E-state index contributed by atoms with van der Waals surface area (Å²) < 4.78 is 16.0. The number of carbonyl (C=O) groups excluding carboxylic acids is 2. The number of hydrogen-bond donors (Lipinski definition) is 1. The van der Waals surface area contributed by atoms with Gasteiger partial charge < -0.3 is 19.5 Å². The second-order valence-corrected chi connectivity index (χ2v) is 6.85. The average Bonchev–Trinajstić information content (AvgIpc) is 2.93. The molecule has 1 atom stereocenters. The second-order valence-electron chi connectivity index (χ2n) is 6.85. The maximum absolute atomic E-state index is 12.5. The van der Waals surface area contributed by atoms with E-state index in [1.807, 2.05) is 18.2 Å². The number of rotatable bonds is 5. The van der Waals surface area contributed by atoms with Crippen molar-refractivity contribution >= 4 is 11.7 Å². The number of Topliss-reactive ketones (excluding diaryl/α,β-unsaturated/α-hetero) is 1. The van der Waals surface area contributed by atoms with Gasteiger partial charge in [0.25, 0.3) is 5.91 Å². The van der Waals surface area contributed by atoms with E-state index in [-0.39, 0.29) is 17.2 Å². The first-order chi connectivity index (χ1) is 13.9. The largest absolute Gasteiger partial charge is 0.493 e. The molecule has 1 N–H and O–H groups in total. The molecule has 0 fully saturated rings. The van der Waals surface area contributed by atoms with Crippen LogP contribution in [0.4, 0.5) is 0 Å². The Labute approximate surface area is 168 Å². The highest BCUT2D eigenvalue weighted by molar-refractivity contribution is 6.35. The predicted molar refractivity (Wildman–Crippen MR) is 108 cm³/mol. The minimum Gasteiger partial charge on any atom is -0.493 e. The highest BCUT2D eigenvalue weighted by Crippen LogP contribution is 2.39. The first-order valence-electron chi connectivity index (χ1n) is 9.15. The molecule has 0 saturated carbocycles. The summed E-state index contributed by atoms with van der Waals surface area (Å²) in [6.45, 7) is 1.22. The van der Waals surface area contributed by atoms with Crippen molar-refractivity contribution in [1.29, 1.82) is 0 Å². The van der Waals surface area contributed by atoms with Crippen molar-refractivity contribution in [3.63, 3.8) is 0 Å². The minimum atomic E-state index is -0.652. The Hall–Kier alpha value is -3.35. The zero-order valence-corrected chi connectivity index (χ0v) is 16.8. The van der Waals surface area contributed by atoms with E-state index >= 15 is 0 Å². The Morgan fingerprint density at radius 3 is 2.03 bits per heavy atom. The first-order valence-corrected chi connectivity index (χ1v) is 9.15. The summed E-state index contributed by atoms with van der Waals surface area (Å²) in [7, 11) is 4.56. The fourth-order valence-corrected chi connectivity index (χ4v) is 3.59.